The molecule has 45 heavy (non-hydrogen) atoms. The van der Waals surface area contributed by atoms with Crippen molar-refractivity contribution in [2.24, 2.45) is 0 Å². The Morgan fingerprint density at radius 1 is 0.556 bits per heavy atom. The number of anilines is 3. The molecule has 0 amide bonds. The average Bonchev–Trinajstić information content (AvgIpc) is 3.60. The Labute approximate surface area is 267 Å². The highest BCUT2D eigenvalue weighted by Crippen LogP contribution is 2.54. The van der Waals surface area contributed by atoms with E-state index >= 15 is 0 Å². The second kappa shape index (κ2) is 9.69. The summed E-state index contributed by atoms with van der Waals surface area (Å²) in [6.45, 7) is 6.95. The predicted octanol–water partition coefficient (Wildman–Crippen LogP) is 12.1. The van der Waals surface area contributed by atoms with Crippen molar-refractivity contribution in [1.82, 2.24) is 4.57 Å². The molecular weight excluding hydrogens is 565 g/mol. The van der Waals surface area contributed by atoms with E-state index in [1.54, 1.807) is 0 Å². The van der Waals surface area contributed by atoms with Gasteiger partial charge in [0.1, 0.15) is 0 Å². The molecule has 0 bridgehead atoms. The quantitative estimate of drug-likeness (QED) is 0.197. The minimum absolute atomic E-state index is 0.155. The number of thiophene rings is 1. The van der Waals surface area contributed by atoms with Crippen LogP contribution in [0, 0.1) is 6.92 Å². The predicted molar refractivity (Wildman–Crippen MR) is 193 cm³/mol. The monoisotopic (exact) mass is 596 g/mol. The van der Waals surface area contributed by atoms with Crippen LogP contribution in [0.2, 0.25) is 0 Å². The van der Waals surface area contributed by atoms with E-state index in [1.165, 1.54) is 81.8 Å². The second-order valence-electron chi connectivity index (χ2n) is 12.7. The lowest BCUT2D eigenvalue weighted by molar-refractivity contribution is 0.631. The fraction of sp³-hybridized carbons (Fsp3) is 0.0952. The van der Waals surface area contributed by atoms with Crippen LogP contribution in [0.4, 0.5) is 17.1 Å². The molecule has 2 aromatic heterocycles. The van der Waals surface area contributed by atoms with Crippen molar-refractivity contribution in [3.8, 4) is 16.8 Å². The summed E-state index contributed by atoms with van der Waals surface area (Å²) in [5.41, 5.74) is 13.7. The number of hydrogen-bond acceptors (Lipinski definition) is 2. The van der Waals surface area contributed by atoms with Gasteiger partial charge in [0.05, 0.1) is 27.1 Å². The third kappa shape index (κ3) is 3.87. The number of hydrogen-bond donors (Lipinski definition) is 0. The third-order valence-corrected chi connectivity index (χ3v) is 10.8. The van der Waals surface area contributed by atoms with Crippen molar-refractivity contribution in [2.75, 3.05) is 4.90 Å². The summed E-state index contributed by atoms with van der Waals surface area (Å²) in [5, 5.41) is 2.59. The molecule has 0 unspecified atom stereocenters. The molecule has 6 aromatic carbocycles. The Morgan fingerprint density at radius 3 is 2.04 bits per heavy atom. The first-order chi connectivity index (χ1) is 22.0. The maximum absolute atomic E-state index is 2.49. The summed E-state index contributed by atoms with van der Waals surface area (Å²) in [7, 11) is 0. The maximum atomic E-state index is 2.49. The standard InChI is InChI=1S/C42H32N2S/c1-27-18-21-37-34(24-27)42(2,3)35-25-29(28-12-6-4-7-13-28)19-22-38(35)43(37)31-20-23-36-33(26-31)41-40(32-16-10-11-17-39(32)45-41)44(36)30-14-8-5-9-15-30/h4-26H,1-3H3. The van der Waals surface area contributed by atoms with E-state index in [-0.39, 0.29) is 5.41 Å². The molecular formula is C42H32N2S. The van der Waals surface area contributed by atoms with E-state index < -0.39 is 0 Å². The van der Waals surface area contributed by atoms with Crippen LogP contribution in [0.25, 0.3) is 48.0 Å². The van der Waals surface area contributed by atoms with Crippen molar-refractivity contribution in [1.29, 1.82) is 0 Å². The Balaban J connectivity index is 1.32. The van der Waals surface area contributed by atoms with E-state index in [0.717, 1.165) is 0 Å². The van der Waals surface area contributed by atoms with Crippen molar-refractivity contribution < 1.29 is 0 Å². The molecule has 3 heteroatoms. The smallest absolute Gasteiger partial charge is 0.0727 e. The fourth-order valence-corrected chi connectivity index (χ4v) is 8.59. The van der Waals surface area contributed by atoms with Crippen molar-refractivity contribution in [2.45, 2.75) is 26.2 Å². The summed E-state index contributed by atoms with van der Waals surface area (Å²) in [6.07, 6.45) is 0. The van der Waals surface area contributed by atoms with Crippen molar-refractivity contribution in [3.63, 3.8) is 0 Å². The van der Waals surface area contributed by atoms with Crippen molar-refractivity contribution in [3.05, 3.63) is 156 Å². The van der Waals surface area contributed by atoms with Crippen molar-refractivity contribution >= 4 is 59.6 Å². The Hall–Kier alpha value is -5.12. The van der Waals surface area contributed by atoms with E-state index in [4.69, 9.17) is 0 Å². The minimum Gasteiger partial charge on any atom is -0.310 e. The number of rotatable bonds is 3. The minimum atomic E-state index is -0.155. The molecule has 3 heterocycles. The fourth-order valence-electron chi connectivity index (χ4n) is 7.38. The summed E-state index contributed by atoms with van der Waals surface area (Å²) in [4.78, 5) is 2.49. The molecule has 0 fully saturated rings. The molecule has 0 atom stereocenters. The molecule has 1 aliphatic heterocycles. The molecule has 0 radical (unpaired) electrons. The van der Waals surface area contributed by atoms with Crippen LogP contribution in [-0.2, 0) is 5.41 Å². The zero-order valence-corrected chi connectivity index (χ0v) is 26.4. The average molecular weight is 597 g/mol. The highest BCUT2D eigenvalue weighted by atomic mass is 32.1. The van der Waals surface area contributed by atoms with Crippen LogP contribution in [0.1, 0.15) is 30.5 Å². The number of fused-ring (bicyclic) bond motifs is 7. The zero-order valence-electron chi connectivity index (χ0n) is 25.6. The SMILES string of the molecule is Cc1ccc2c(c1)C(C)(C)c1cc(-c3ccccc3)ccc1N2c1ccc2c(c1)c1sc3ccccc3c1n2-c1ccccc1. The Morgan fingerprint density at radius 2 is 1.24 bits per heavy atom. The van der Waals surface area contributed by atoms with Crippen LogP contribution in [0.3, 0.4) is 0 Å². The van der Waals surface area contributed by atoms with Gasteiger partial charge >= 0.3 is 0 Å². The van der Waals surface area contributed by atoms with Crippen LogP contribution < -0.4 is 4.90 Å². The molecule has 0 saturated carbocycles. The zero-order chi connectivity index (χ0) is 30.3. The summed E-state index contributed by atoms with van der Waals surface area (Å²) >= 11 is 1.90. The molecule has 0 saturated heterocycles. The van der Waals surface area contributed by atoms with E-state index in [2.05, 4.69) is 170 Å². The van der Waals surface area contributed by atoms with Gasteiger partial charge in [-0.3, -0.25) is 0 Å². The molecule has 1 aliphatic rings. The van der Waals surface area contributed by atoms with Gasteiger partial charge in [-0.1, -0.05) is 104 Å². The van der Waals surface area contributed by atoms with Gasteiger partial charge in [0.25, 0.3) is 0 Å². The lowest BCUT2D eigenvalue weighted by Gasteiger charge is -2.42. The number of para-hydroxylation sites is 1. The van der Waals surface area contributed by atoms with Gasteiger partial charge in [-0.25, -0.2) is 0 Å². The Bertz CT molecular complexity index is 2410. The van der Waals surface area contributed by atoms with Gasteiger partial charge in [-0.15, -0.1) is 11.3 Å². The second-order valence-corrected chi connectivity index (χ2v) is 13.8. The van der Waals surface area contributed by atoms with Crippen LogP contribution >= 0.6 is 11.3 Å². The normalized spacial score (nSPS) is 13.8. The highest BCUT2D eigenvalue weighted by molar-refractivity contribution is 7.26. The molecule has 216 valence electrons. The van der Waals surface area contributed by atoms with E-state index in [0.29, 0.717) is 0 Å². The van der Waals surface area contributed by atoms with Gasteiger partial charge in [-0.2, -0.15) is 0 Å². The first-order valence-corrected chi connectivity index (χ1v) is 16.4. The van der Waals surface area contributed by atoms with Crippen LogP contribution in [0.5, 0.6) is 0 Å². The van der Waals surface area contributed by atoms with Gasteiger partial charge in [0.2, 0.25) is 0 Å². The highest BCUT2D eigenvalue weighted by Gasteiger charge is 2.37. The molecule has 9 rings (SSSR count). The third-order valence-electron chi connectivity index (χ3n) is 9.62. The Kier molecular flexibility index (Phi) is 5.66. The maximum Gasteiger partial charge on any atom is 0.0727 e. The van der Waals surface area contributed by atoms with Crippen LogP contribution in [0.15, 0.2) is 140 Å². The van der Waals surface area contributed by atoms with E-state index in [9.17, 15) is 0 Å². The number of nitrogens with zero attached hydrogens (tertiary/aromatic N) is 2. The van der Waals surface area contributed by atoms with E-state index in [1.807, 2.05) is 11.3 Å². The molecule has 0 spiro atoms. The lowest BCUT2D eigenvalue weighted by Crippen LogP contribution is -2.30. The molecule has 0 N–H and O–H groups in total. The number of benzene rings is 6. The summed E-state index contributed by atoms with van der Waals surface area (Å²) in [6, 6.07) is 51.4. The first kappa shape index (κ1) is 26.3. The molecule has 0 aliphatic carbocycles. The van der Waals surface area contributed by atoms with Gasteiger partial charge in [0, 0.05) is 32.3 Å². The van der Waals surface area contributed by atoms with Crippen LogP contribution in [-0.4, -0.2) is 4.57 Å². The summed E-state index contributed by atoms with van der Waals surface area (Å²) < 4.78 is 5.10. The first-order valence-electron chi connectivity index (χ1n) is 15.6. The number of aryl methyl sites for hydroxylation is 1. The topological polar surface area (TPSA) is 8.17 Å². The van der Waals surface area contributed by atoms with Gasteiger partial charge in [-0.05, 0) is 83.8 Å². The lowest BCUT2D eigenvalue weighted by atomic mass is 9.72. The van der Waals surface area contributed by atoms with Gasteiger partial charge in [0.15, 0.2) is 0 Å². The largest absolute Gasteiger partial charge is 0.310 e. The van der Waals surface area contributed by atoms with Gasteiger partial charge < -0.3 is 9.47 Å². The molecule has 8 aromatic rings. The molecule has 2 nitrogen and oxygen atoms in total. The summed E-state index contributed by atoms with van der Waals surface area (Å²) in [5.74, 6) is 0. The number of aromatic nitrogens is 1.